The van der Waals surface area contributed by atoms with E-state index in [2.05, 4.69) is 24.4 Å². The number of carbonyl (C=O) groups is 2. The fourth-order valence-corrected chi connectivity index (χ4v) is 5.13. The van der Waals surface area contributed by atoms with Crippen LogP contribution in [0, 0.1) is 6.92 Å². The topological polar surface area (TPSA) is 61.9 Å². The number of nitrogens with one attached hydrogen (secondary N) is 1. The van der Waals surface area contributed by atoms with E-state index in [1.807, 2.05) is 35.2 Å². The van der Waals surface area contributed by atoms with E-state index in [1.54, 1.807) is 23.3 Å². The van der Waals surface area contributed by atoms with Crippen LogP contribution < -0.4 is 5.32 Å². The Labute approximate surface area is 201 Å². The molecular formula is C26H37N3O3S. The van der Waals surface area contributed by atoms with Gasteiger partial charge in [-0.1, -0.05) is 49.6 Å². The van der Waals surface area contributed by atoms with Gasteiger partial charge >= 0.3 is 6.03 Å². The lowest BCUT2D eigenvalue weighted by atomic mass is 9.96. The molecule has 1 heterocycles. The van der Waals surface area contributed by atoms with E-state index in [9.17, 15) is 9.59 Å². The summed E-state index contributed by atoms with van der Waals surface area (Å²) in [6.07, 6.45) is 6.27. The number of hydrogen-bond acceptors (Lipinski definition) is 4. The van der Waals surface area contributed by atoms with E-state index in [4.69, 9.17) is 4.74 Å². The Bertz CT molecular complexity index is 865. The summed E-state index contributed by atoms with van der Waals surface area (Å²) in [5.74, 6) is -0.0406. The molecule has 180 valence electrons. The summed E-state index contributed by atoms with van der Waals surface area (Å²) in [6.45, 7) is 4.26. The Hall–Kier alpha value is -2.38. The molecule has 0 saturated heterocycles. The average molecular weight is 472 g/mol. The number of ether oxygens (including phenoxy) is 1. The van der Waals surface area contributed by atoms with Crippen molar-refractivity contribution in [1.29, 1.82) is 0 Å². The van der Waals surface area contributed by atoms with Gasteiger partial charge in [-0.3, -0.25) is 4.79 Å². The monoisotopic (exact) mass is 471 g/mol. The van der Waals surface area contributed by atoms with Gasteiger partial charge in [-0.05, 0) is 43.9 Å². The van der Waals surface area contributed by atoms with Gasteiger partial charge < -0.3 is 19.9 Å². The smallest absolute Gasteiger partial charge is 0.318 e. The van der Waals surface area contributed by atoms with Crippen LogP contribution in [0.5, 0.6) is 0 Å². The normalized spacial score (nSPS) is 14.1. The first-order valence-corrected chi connectivity index (χ1v) is 12.8. The number of thiophene rings is 1. The molecule has 33 heavy (non-hydrogen) atoms. The van der Waals surface area contributed by atoms with Crippen molar-refractivity contribution in [3.63, 3.8) is 0 Å². The van der Waals surface area contributed by atoms with Crippen molar-refractivity contribution in [1.82, 2.24) is 15.1 Å². The summed E-state index contributed by atoms with van der Waals surface area (Å²) < 4.78 is 5.18. The van der Waals surface area contributed by atoms with Crippen LogP contribution in [0.3, 0.4) is 0 Å². The van der Waals surface area contributed by atoms with Gasteiger partial charge in [-0.25, -0.2) is 4.79 Å². The zero-order valence-corrected chi connectivity index (χ0v) is 20.7. The Morgan fingerprint density at radius 2 is 1.79 bits per heavy atom. The third kappa shape index (κ3) is 8.48. The van der Waals surface area contributed by atoms with Gasteiger partial charge in [0.25, 0.3) is 0 Å². The van der Waals surface area contributed by atoms with Gasteiger partial charge in [0.1, 0.15) is 6.54 Å². The van der Waals surface area contributed by atoms with Crippen LogP contribution in [0.2, 0.25) is 0 Å². The molecule has 0 atom stereocenters. The zero-order valence-electron chi connectivity index (χ0n) is 19.9. The lowest BCUT2D eigenvalue weighted by molar-refractivity contribution is -0.133. The van der Waals surface area contributed by atoms with Crippen molar-refractivity contribution in [3.05, 3.63) is 57.8 Å². The third-order valence-electron chi connectivity index (χ3n) is 6.03. The van der Waals surface area contributed by atoms with E-state index in [1.165, 1.54) is 11.3 Å². The molecule has 3 rings (SSSR count). The molecule has 6 nitrogen and oxygen atoms in total. The lowest BCUT2D eigenvalue weighted by Gasteiger charge is -2.30. The number of nitrogens with zero attached hydrogens (tertiary/aromatic N) is 2. The van der Waals surface area contributed by atoms with Crippen molar-refractivity contribution in [3.8, 4) is 0 Å². The molecule has 1 aromatic heterocycles. The first kappa shape index (κ1) is 25.2. The standard InChI is InChI=1S/C26H37N3O3S/c1-21-14-15-24(33-21)19-29(18-22-10-5-3-6-11-22)25(30)20-28(16-9-17-32-2)26(31)27-23-12-7-4-8-13-23/h3,5-6,10-11,14-15,23H,4,7-9,12-13,16-20H2,1-2H3,(H,27,31). The predicted octanol–water partition coefficient (Wildman–Crippen LogP) is 4.97. The maximum absolute atomic E-state index is 13.5. The summed E-state index contributed by atoms with van der Waals surface area (Å²) in [5, 5.41) is 3.17. The van der Waals surface area contributed by atoms with Gasteiger partial charge in [0.05, 0.1) is 6.54 Å². The highest BCUT2D eigenvalue weighted by Crippen LogP contribution is 2.20. The minimum absolute atomic E-state index is 0.0406. The fourth-order valence-electron chi connectivity index (χ4n) is 4.22. The highest BCUT2D eigenvalue weighted by Gasteiger charge is 2.24. The van der Waals surface area contributed by atoms with Crippen LogP contribution in [-0.4, -0.2) is 54.6 Å². The number of carbonyl (C=O) groups excluding carboxylic acids is 2. The molecule has 0 spiro atoms. The first-order valence-electron chi connectivity index (χ1n) is 12.0. The Morgan fingerprint density at radius 1 is 1.03 bits per heavy atom. The van der Waals surface area contributed by atoms with E-state index in [0.717, 1.165) is 36.1 Å². The van der Waals surface area contributed by atoms with Crippen molar-refractivity contribution >= 4 is 23.3 Å². The number of aryl methyl sites for hydroxylation is 1. The highest BCUT2D eigenvalue weighted by atomic mass is 32.1. The SMILES string of the molecule is COCCCN(CC(=O)N(Cc1ccccc1)Cc1ccc(C)s1)C(=O)NC1CCCCC1. The van der Waals surface area contributed by atoms with Crippen LogP contribution in [-0.2, 0) is 22.6 Å². The number of urea groups is 1. The quantitative estimate of drug-likeness (QED) is 0.471. The maximum atomic E-state index is 13.5. The van der Waals surface area contributed by atoms with Gasteiger partial charge in [0.2, 0.25) is 5.91 Å². The Morgan fingerprint density at radius 3 is 2.45 bits per heavy atom. The molecule has 3 amide bonds. The number of methoxy groups -OCH3 is 1. The molecule has 1 aliphatic rings. The number of rotatable bonds is 11. The largest absolute Gasteiger partial charge is 0.385 e. The number of benzene rings is 1. The summed E-state index contributed by atoms with van der Waals surface area (Å²) >= 11 is 1.71. The molecule has 1 aliphatic carbocycles. The minimum atomic E-state index is -0.141. The summed E-state index contributed by atoms with van der Waals surface area (Å²) in [4.78, 5) is 32.5. The molecule has 1 saturated carbocycles. The maximum Gasteiger partial charge on any atom is 0.318 e. The van der Waals surface area contributed by atoms with Crippen LogP contribution in [0.1, 0.15) is 53.8 Å². The highest BCUT2D eigenvalue weighted by molar-refractivity contribution is 7.11. The van der Waals surface area contributed by atoms with Crippen molar-refractivity contribution in [2.24, 2.45) is 0 Å². The van der Waals surface area contributed by atoms with Crippen LogP contribution in [0.15, 0.2) is 42.5 Å². The Kier molecular flexibility index (Phi) is 10.2. The second-order valence-electron chi connectivity index (χ2n) is 8.80. The molecule has 0 unspecified atom stereocenters. The third-order valence-corrected chi connectivity index (χ3v) is 7.02. The molecule has 1 aromatic carbocycles. The van der Waals surface area contributed by atoms with Gasteiger partial charge in [-0.15, -0.1) is 11.3 Å². The molecule has 1 N–H and O–H groups in total. The van der Waals surface area contributed by atoms with Crippen LogP contribution >= 0.6 is 11.3 Å². The second-order valence-corrected chi connectivity index (χ2v) is 10.2. The number of hydrogen-bond donors (Lipinski definition) is 1. The van der Waals surface area contributed by atoms with E-state index >= 15 is 0 Å². The summed E-state index contributed by atoms with van der Waals surface area (Å²) in [7, 11) is 1.65. The van der Waals surface area contributed by atoms with Crippen molar-refractivity contribution in [2.45, 2.75) is 64.6 Å². The van der Waals surface area contributed by atoms with E-state index in [-0.39, 0.29) is 24.5 Å². The average Bonchev–Trinajstić information content (AvgIpc) is 3.24. The minimum Gasteiger partial charge on any atom is -0.385 e. The predicted molar refractivity (Wildman–Crippen MR) is 133 cm³/mol. The van der Waals surface area contributed by atoms with E-state index in [0.29, 0.717) is 32.7 Å². The number of amides is 3. The lowest BCUT2D eigenvalue weighted by Crippen LogP contribution is -2.49. The van der Waals surface area contributed by atoms with Crippen molar-refractivity contribution in [2.75, 3.05) is 26.8 Å². The fraction of sp³-hybridized carbons (Fsp3) is 0.538. The van der Waals surface area contributed by atoms with Gasteiger partial charge in [-0.2, -0.15) is 0 Å². The second kappa shape index (κ2) is 13.4. The summed E-state index contributed by atoms with van der Waals surface area (Å²) in [5.41, 5.74) is 1.08. The summed E-state index contributed by atoms with van der Waals surface area (Å²) in [6, 6.07) is 14.3. The van der Waals surface area contributed by atoms with Gasteiger partial charge in [0.15, 0.2) is 0 Å². The van der Waals surface area contributed by atoms with Crippen LogP contribution in [0.25, 0.3) is 0 Å². The Balaban J connectivity index is 1.70. The van der Waals surface area contributed by atoms with Crippen molar-refractivity contribution < 1.29 is 14.3 Å². The van der Waals surface area contributed by atoms with Crippen LogP contribution in [0.4, 0.5) is 4.79 Å². The first-order chi connectivity index (χ1) is 16.0. The van der Waals surface area contributed by atoms with Gasteiger partial charge in [0, 0.05) is 42.6 Å². The molecule has 1 fully saturated rings. The zero-order chi connectivity index (χ0) is 23.5. The molecule has 0 bridgehead atoms. The van der Waals surface area contributed by atoms with E-state index < -0.39 is 0 Å². The molecule has 7 heteroatoms. The molecule has 0 aliphatic heterocycles. The molecule has 0 radical (unpaired) electrons. The molecular weight excluding hydrogens is 434 g/mol. The molecule has 2 aromatic rings.